The minimum absolute atomic E-state index is 0.216. The number of hydrogen-bond acceptors (Lipinski definition) is 3. The summed E-state index contributed by atoms with van der Waals surface area (Å²) in [6.07, 6.45) is 0.394. The van der Waals surface area contributed by atoms with Gasteiger partial charge in [0.15, 0.2) is 5.78 Å². The summed E-state index contributed by atoms with van der Waals surface area (Å²) in [6.45, 7) is 1.54. The highest BCUT2D eigenvalue weighted by molar-refractivity contribution is 6.06. The van der Waals surface area contributed by atoms with Gasteiger partial charge in [-0.2, -0.15) is 0 Å². The smallest absolute Gasteiger partial charge is 0.194 e. The normalized spacial score (nSPS) is 24.9. The number of carbonyl (C=O) groups excluding carboxylic acids is 1. The number of Topliss-reactive ketones (excluding diaryl/α,β-unsaturated/α-hetero) is 1. The number of aliphatic hydroxyl groups is 1. The van der Waals surface area contributed by atoms with Crippen molar-refractivity contribution in [1.82, 2.24) is 0 Å². The van der Waals surface area contributed by atoms with Gasteiger partial charge in [-0.05, 0) is 24.6 Å². The molecule has 3 nitrogen and oxygen atoms in total. The van der Waals surface area contributed by atoms with Crippen LogP contribution in [0.5, 0.6) is 5.75 Å². The van der Waals surface area contributed by atoms with Gasteiger partial charge in [0.05, 0.1) is 7.11 Å². The molecule has 1 N–H and O–H groups in total. The first-order valence-electron chi connectivity index (χ1n) is 4.49. The van der Waals surface area contributed by atoms with E-state index in [1.54, 1.807) is 26.2 Å². The fourth-order valence-electron chi connectivity index (χ4n) is 1.79. The molecule has 0 amide bonds. The largest absolute Gasteiger partial charge is 0.497 e. The zero-order valence-corrected chi connectivity index (χ0v) is 8.20. The zero-order valence-electron chi connectivity index (χ0n) is 8.20. The maximum atomic E-state index is 11.7. The fraction of sp³-hybridized carbons (Fsp3) is 0.364. The molecule has 0 bridgehead atoms. The first-order chi connectivity index (χ1) is 6.54. The van der Waals surface area contributed by atoms with E-state index in [0.717, 1.165) is 5.56 Å². The van der Waals surface area contributed by atoms with E-state index in [0.29, 0.717) is 17.7 Å². The maximum absolute atomic E-state index is 11.7. The highest BCUT2D eigenvalue weighted by atomic mass is 16.5. The summed E-state index contributed by atoms with van der Waals surface area (Å²) in [5, 5.41) is 9.76. The van der Waals surface area contributed by atoms with Gasteiger partial charge < -0.3 is 9.84 Å². The Morgan fingerprint density at radius 1 is 1.50 bits per heavy atom. The van der Waals surface area contributed by atoms with Crippen LogP contribution in [0.3, 0.4) is 0 Å². The average molecular weight is 192 g/mol. The van der Waals surface area contributed by atoms with Crippen LogP contribution in [0.15, 0.2) is 18.2 Å². The van der Waals surface area contributed by atoms with Crippen LogP contribution in [-0.2, 0) is 6.42 Å². The Morgan fingerprint density at radius 3 is 2.86 bits per heavy atom. The van der Waals surface area contributed by atoms with Gasteiger partial charge in [0.25, 0.3) is 0 Å². The standard InChI is InChI=1S/C11H12O3/c1-11(13)6-7-3-4-8(14-2)5-9(7)10(11)12/h3-5,13H,6H2,1-2H3. The molecule has 1 aliphatic rings. The molecular formula is C11H12O3. The molecule has 0 heterocycles. The van der Waals surface area contributed by atoms with Crippen LogP contribution >= 0.6 is 0 Å². The molecular weight excluding hydrogens is 180 g/mol. The topological polar surface area (TPSA) is 46.5 Å². The van der Waals surface area contributed by atoms with Crippen LogP contribution in [0.1, 0.15) is 22.8 Å². The number of carbonyl (C=O) groups is 1. The second-order valence-electron chi connectivity index (χ2n) is 3.80. The number of ketones is 1. The number of ether oxygens (including phenoxy) is 1. The Hall–Kier alpha value is -1.35. The van der Waals surface area contributed by atoms with Crippen LogP contribution in [0.2, 0.25) is 0 Å². The molecule has 1 unspecified atom stereocenters. The van der Waals surface area contributed by atoms with Crippen molar-refractivity contribution in [2.45, 2.75) is 18.9 Å². The minimum Gasteiger partial charge on any atom is -0.497 e. The lowest BCUT2D eigenvalue weighted by Crippen LogP contribution is -2.31. The quantitative estimate of drug-likeness (QED) is 0.726. The van der Waals surface area contributed by atoms with E-state index >= 15 is 0 Å². The van der Waals surface area contributed by atoms with Crippen molar-refractivity contribution < 1.29 is 14.6 Å². The third-order valence-corrected chi connectivity index (χ3v) is 2.59. The molecule has 0 saturated heterocycles. The van der Waals surface area contributed by atoms with E-state index in [-0.39, 0.29) is 5.78 Å². The van der Waals surface area contributed by atoms with Crippen LogP contribution < -0.4 is 4.74 Å². The zero-order chi connectivity index (χ0) is 10.3. The van der Waals surface area contributed by atoms with Gasteiger partial charge in [-0.3, -0.25) is 4.79 Å². The van der Waals surface area contributed by atoms with Gasteiger partial charge in [-0.1, -0.05) is 6.07 Å². The van der Waals surface area contributed by atoms with Crippen LogP contribution in [0, 0.1) is 0 Å². The van der Waals surface area contributed by atoms with Gasteiger partial charge in [0, 0.05) is 12.0 Å². The molecule has 0 aromatic heterocycles. The highest BCUT2D eigenvalue weighted by Gasteiger charge is 2.39. The molecule has 2 rings (SSSR count). The second kappa shape index (κ2) is 2.82. The monoisotopic (exact) mass is 192 g/mol. The first kappa shape index (κ1) is 9.21. The van der Waals surface area contributed by atoms with Crippen molar-refractivity contribution in [3.63, 3.8) is 0 Å². The summed E-state index contributed by atoms with van der Waals surface area (Å²) >= 11 is 0. The summed E-state index contributed by atoms with van der Waals surface area (Å²) in [7, 11) is 1.55. The van der Waals surface area contributed by atoms with Gasteiger partial charge in [-0.25, -0.2) is 0 Å². The predicted molar refractivity (Wildman–Crippen MR) is 51.7 cm³/mol. The fourth-order valence-corrected chi connectivity index (χ4v) is 1.79. The van der Waals surface area contributed by atoms with E-state index in [4.69, 9.17) is 4.74 Å². The number of benzene rings is 1. The SMILES string of the molecule is COc1ccc2c(c1)C(=O)C(C)(O)C2. The maximum Gasteiger partial charge on any atom is 0.194 e. The van der Waals surface area contributed by atoms with Gasteiger partial charge >= 0.3 is 0 Å². The molecule has 14 heavy (non-hydrogen) atoms. The van der Waals surface area contributed by atoms with Crippen LogP contribution in [-0.4, -0.2) is 23.6 Å². The molecule has 0 saturated carbocycles. The lowest BCUT2D eigenvalue weighted by Gasteiger charge is -2.11. The van der Waals surface area contributed by atoms with Crippen molar-refractivity contribution in [2.24, 2.45) is 0 Å². The summed E-state index contributed by atoms with van der Waals surface area (Å²) in [4.78, 5) is 11.7. The molecule has 1 aliphatic carbocycles. The van der Waals surface area contributed by atoms with Gasteiger partial charge in [0.2, 0.25) is 0 Å². The van der Waals surface area contributed by atoms with E-state index < -0.39 is 5.60 Å². The predicted octanol–water partition coefficient (Wildman–Crippen LogP) is 1.18. The Bertz CT molecular complexity index is 394. The van der Waals surface area contributed by atoms with Crippen molar-refractivity contribution >= 4 is 5.78 Å². The van der Waals surface area contributed by atoms with E-state index in [9.17, 15) is 9.90 Å². The number of rotatable bonds is 1. The van der Waals surface area contributed by atoms with E-state index in [1.807, 2.05) is 6.07 Å². The Labute approximate surface area is 82.3 Å². The van der Waals surface area contributed by atoms with Crippen molar-refractivity contribution in [1.29, 1.82) is 0 Å². The molecule has 1 aromatic rings. The molecule has 0 spiro atoms. The third kappa shape index (κ3) is 1.21. The van der Waals surface area contributed by atoms with Crippen molar-refractivity contribution in [3.05, 3.63) is 29.3 Å². The molecule has 74 valence electrons. The summed E-state index contributed by atoms with van der Waals surface area (Å²) in [6, 6.07) is 5.31. The third-order valence-electron chi connectivity index (χ3n) is 2.59. The minimum atomic E-state index is -1.24. The summed E-state index contributed by atoms with van der Waals surface area (Å²) < 4.78 is 5.02. The lowest BCUT2D eigenvalue weighted by molar-refractivity contribution is 0.0461. The van der Waals surface area contributed by atoms with Gasteiger partial charge in [0.1, 0.15) is 11.4 Å². The lowest BCUT2D eigenvalue weighted by atomic mass is 10.0. The Balaban J connectivity index is 2.51. The molecule has 0 aliphatic heterocycles. The number of methoxy groups -OCH3 is 1. The van der Waals surface area contributed by atoms with Crippen LogP contribution in [0.4, 0.5) is 0 Å². The Morgan fingerprint density at radius 2 is 2.21 bits per heavy atom. The first-order valence-corrected chi connectivity index (χ1v) is 4.49. The average Bonchev–Trinajstić information content (AvgIpc) is 2.38. The summed E-state index contributed by atoms with van der Waals surface area (Å²) in [5.74, 6) is 0.432. The molecule has 1 aromatic carbocycles. The molecule has 0 radical (unpaired) electrons. The summed E-state index contributed by atoms with van der Waals surface area (Å²) in [5.41, 5.74) is 0.226. The highest BCUT2D eigenvalue weighted by Crippen LogP contribution is 2.31. The van der Waals surface area contributed by atoms with E-state index in [2.05, 4.69) is 0 Å². The molecule has 3 heteroatoms. The number of fused-ring (bicyclic) bond motifs is 1. The molecule has 0 fully saturated rings. The van der Waals surface area contributed by atoms with Crippen LogP contribution in [0.25, 0.3) is 0 Å². The second-order valence-corrected chi connectivity index (χ2v) is 3.80. The Kier molecular flexibility index (Phi) is 1.86. The molecule has 1 atom stereocenters. The van der Waals surface area contributed by atoms with E-state index in [1.165, 1.54) is 0 Å². The van der Waals surface area contributed by atoms with Gasteiger partial charge in [-0.15, -0.1) is 0 Å². The van der Waals surface area contributed by atoms with Crippen molar-refractivity contribution in [2.75, 3.05) is 7.11 Å². The van der Waals surface area contributed by atoms with Crippen molar-refractivity contribution in [3.8, 4) is 5.75 Å². The number of hydrogen-bond donors (Lipinski definition) is 1.